The lowest BCUT2D eigenvalue weighted by Gasteiger charge is -2.30. The molecule has 0 radical (unpaired) electrons. The molecule has 186 valence electrons. The minimum Gasteiger partial charge on any atom is -0.483 e. The Morgan fingerprint density at radius 2 is 1.79 bits per heavy atom. The van der Waals surface area contributed by atoms with Crippen LogP contribution in [0.3, 0.4) is 0 Å². The van der Waals surface area contributed by atoms with Crippen molar-refractivity contribution in [3.8, 4) is 5.75 Å². The molecule has 2 aromatic rings. The zero-order valence-electron chi connectivity index (χ0n) is 20.5. The molecule has 0 aliphatic rings. The Kier molecular flexibility index (Phi) is 10.3. The number of halogens is 3. The van der Waals surface area contributed by atoms with Crippen LogP contribution in [0, 0.1) is 0 Å². The molecule has 2 amide bonds. The Hall–Kier alpha value is -1.76. The van der Waals surface area contributed by atoms with Gasteiger partial charge in [-0.3, -0.25) is 9.59 Å². The van der Waals surface area contributed by atoms with E-state index < -0.39 is 6.04 Å². The first-order chi connectivity index (χ1) is 15.8. The molecule has 2 atom stereocenters. The Morgan fingerprint density at radius 3 is 2.35 bits per heavy atom. The number of ether oxygens (including phenoxy) is 1. The van der Waals surface area contributed by atoms with Crippen LogP contribution in [-0.2, 0) is 21.5 Å². The fraction of sp³-hybridized carbons (Fsp3) is 0.462. The van der Waals surface area contributed by atoms with E-state index in [1.807, 2.05) is 32.0 Å². The number of nitrogens with zero attached hydrogens (tertiary/aromatic N) is 1. The van der Waals surface area contributed by atoms with E-state index in [0.717, 1.165) is 16.5 Å². The molecule has 1 N–H and O–H groups in total. The summed E-state index contributed by atoms with van der Waals surface area (Å²) in [6.45, 7) is 11.9. The smallest absolute Gasteiger partial charge is 0.261 e. The van der Waals surface area contributed by atoms with Crippen molar-refractivity contribution in [2.24, 2.45) is 0 Å². The van der Waals surface area contributed by atoms with Gasteiger partial charge in [0.1, 0.15) is 11.8 Å². The van der Waals surface area contributed by atoms with Gasteiger partial charge in [0.2, 0.25) is 5.91 Å². The fourth-order valence-electron chi connectivity index (χ4n) is 3.19. The van der Waals surface area contributed by atoms with Gasteiger partial charge in [-0.1, -0.05) is 63.0 Å². The third-order valence-electron chi connectivity index (χ3n) is 5.67. The largest absolute Gasteiger partial charge is 0.483 e. The summed E-state index contributed by atoms with van der Waals surface area (Å²) in [4.78, 5) is 27.6. The second-order valence-electron chi connectivity index (χ2n) is 9.44. The third kappa shape index (κ3) is 7.89. The molecule has 34 heavy (non-hydrogen) atoms. The summed E-state index contributed by atoms with van der Waals surface area (Å²) in [5.74, 6) is -0.00403. The first-order valence-corrected chi connectivity index (χ1v) is 12.8. The Morgan fingerprint density at radius 1 is 1.12 bits per heavy atom. The maximum Gasteiger partial charge on any atom is 0.261 e. The normalized spacial score (nSPS) is 13.2. The number of rotatable bonds is 9. The van der Waals surface area contributed by atoms with Gasteiger partial charge in [-0.2, -0.15) is 0 Å². The quantitative estimate of drug-likeness (QED) is 0.361. The predicted molar refractivity (Wildman–Crippen MR) is 143 cm³/mol. The van der Waals surface area contributed by atoms with E-state index >= 15 is 0 Å². The molecule has 0 aliphatic heterocycles. The molecule has 0 heterocycles. The Bertz CT molecular complexity index is 1020. The third-order valence-corrected chi connectivity index (χ3v) is 6.88. The van der Waals surface area contributed by atoms with E-state index in [1.165, 1.54) is 4.90 Å². The molecule has 2 aromatic carbocycles. The van der Waals surface area contributed by atoms with Gasteiger partial charge in [0.25, 0.3) is 5.91 Å². The van der Waals surface area contributed by atoms with Crippen LogP contribution < -0.4 is 10.1 Å². The maximum atomic E-state index is 13.3. The van der Waals surface area contributed by atoms with Crippen LogP contribution >= 0.6 is 39.1 Å². The molecule has 5 nitrogen and oxygen atoms in total. The van der Waals surface area contributed by atoms with Crippen LogP contribution in [0.15, 0.2) is 40.9 Å². The van der Waals surface area contributed by atoms with Crippen molar-refractivity contribution >= 4 is 50.9 Å². The van der Waals surface area contributed by atoms with Gasteiger partial charge in [0, 0.05) is 22.6 Å². The minimum atomic E-state index is -0.719. The summed E-state index contributed by atoms with van der Waals surface area (Å²) in [6.07, 6.45) is 0.789. The predicted octanol–water partition coefficient (Wildman–Crippen LogP) is 6.76. The van der Waals surface area contributed by atoms with Gasteiger partial charge < -0.3 is 15.0 Å². The Labute approximate surface area is 221 Å². The van der Waals surface area contributed by atoms with Crippen molar-refractivity contribution in [2.45, 2.75) is 72.0 Å². The molecule has 0 spiro atoms. The number of carbonyl (C=O) groups excluding carboxylic acids is 2. The number of hydrogen-bond donors (Lipinski definition) is 1. The second-order valence-corrected chi connectivity index (χ2v) is 11.1. The number of benzene rings is 2. The zero-order valence-corrected chi connectivity index (χ0v) is 23.6. The van der Waals surface area contributed by atoms with Crippen molar-refractivity contribution in [1.29, 1.82) is 0 Å². The topological polar surface area (TPSA) is 58.6 Å². The molecular formula is C26H33BrCl2N2O3. The highest BCUT2D eigenvalue weighted by atomic mass is 79.9. The lowest BCUT2D eigenvalue weighted by Crippen LogP contribution is -2.50. The Balaban J connectivity index is 2.23. The highest BCUT2D eigenvalue weighted by Crippen LogP contribution is 2.31. The molecule has 0 saturated heterocycles. The van der Waals surface area contributed by atoms with Gasteiger partial charge in [-0.05, 0) is 77.0 Å². The molecular weight excluding hydrogens is 539 g/mol. The second kappa shape index (κ2) is 12.3. The van der Waals surface area contributed by atoms with E-state index in [-0.39, 0.29) is 36.4 Å². The summed E-state index contributed by atoms with van der Waals surface area (Å²) < 4.78 is 6.61. The number of carbonyl (C=O) groups is 2. The van der Waals surface area contributed by atoms with Gasteiger partial charge in [-0.25, -0.2) is 0 Å². The van der Waals surface area contributed by atoms with E-state index in [9.17, 15) is 9.59 Å². The van der Waals surface area contributed by atoms with Crippen LogP contribution in [0.2, 0.25) is 10.0 Å². The average Bonchev–Trinajstić information content (AvgIpc) is 2.76. The highest BCUT2D eigenvalue weighted by molar-refractivity contribution is 9.10. The number of nitrogens with one attached hydrogen (secondary N) is 1. The van der Waals surface area contributed by atoms with Crippen molar-refractivity contribution in [3.05, 3.63) is 62.0 Å². The average molecular weight is 572 g/mol. The SMILES string of the molecule is CC[C@@H](C)NC(=O)[C@@H](C)N(Cc1ccc(Cl)cc1Cl)C(=O)COc1ccc(C(C)(C)C)cc1Br. The highest BCUT2D eigenvalue weighted by Gasteiger charge is 2.28. The van der Waals surface area contributed by atoms with Gasteiger partial charge in [-0.15, -0.1) is 0 Å². The molecule has 0 saturated carbocycles. The molecule has 0 bridgehead atoms. The maximum absolute atomic E-state index is 13.3. The van der Waals surface area contributed by atoms with E-state index in [2.05, 4.69) is 42.0 Å². The van der Waals surface area contributed by atoms with E-state index in [1.54, 1.807) is 25.1 Å². The zero-order chi connectivity index (χ0) is 25.6. The van der Waals surface area contributed by atoms with Crippen molar-refractivity contribution < 1.29 is 14.3 Å². The standard InChI is InChI=1S/C26H33BrCl2N2O3/c1-7-16(2)30-25(33)17(3)31(14-18-8-10-20(28)13-22(18)29)24(32)15-34-23-11-9-19(12-21(23)27)26(4,5)6/h8-13,16-17H,7,14-15H2,1-6H3,(H,30,33)/t16-,17-/m1/s1. The van der Waals surface area contributed by atoms with Crippen molar-refractivity contribution in [2.75, 3.05) is 6.61 Å². The molecule has 0 unspecified atom stereocenters. The summed E-state index contributed by atoms with van der Waals surface area (Å²) in [7, 11) is 0. The van der Waals surface area contributed by atoms with Gasteiger partial charge >= 0.3 is 0 Å². The summed E-state index contributed by atoms with van der Waals surface area (Å²) >= 11 is 15.9. The summed E-state index contributed by atoms with van der Waals surface area (Å²) in [6, 6.07) is 10.2. The van der Waals surface area contributed by atoms with Crippen LogP contribution in [0.4, 0.5) is 0 Å². The lowest BCUT2D eigenvalue weighted by molar-refractivity contribution is -0.142. The fourth-order valence-corrected chi connectivity index (χ4v) is 4.15. The van der Waals surface area contributed by atoms with Gasteiger partial charge in [0.05, 0.1) is 4.47 Å². The van der Waals surface area contributed by atoms with Gasteiger partial charge in [0.15, 0.2) is 6.61 Å². The molecule has 0 aromatic heterocycles. The van der Waals surface area contributed by atoms with Crippen molar-refractivity contribution in [3.63, 3.8) is 0 Å². The lowest BCUT2D eigenvalue weighted by atomic mass is 9.87. The van der Waals surface area contributed by atoms with Crippen LogP contribution in [0.1, 0.15) is 59.1 Å². The van der Waals surface area contributed by atoms with Crippen LogP contribution in [-0.4, -0.2) is 35.4 Å². The van der Waals surface area contributed by atoms with Crippen LogP contribution in [0.25, 0.3) is 0 Å². The first-order valence-electron chi connectivity index (χ1n) is 11.3. The van der Waals surface area contributed by atoms with E-state index in [0.29, 0.717) is 21.4 Å². The van der Waals surface area contributed by atoms with Crippen LogP contribution in [0.5, 0.6) is 5.75 Å². The molecule has 2 rings (SSSR count). The summed E-state index contributed by atoms with van der Waals surface area (Å²) in [5, 5.41) is 3.87. The van der Waals surface area contributed by atoms with Crippen molar-refractivity contribution in [1.82, 2.24) is 10.2 Å². The molecule has 0 aliphatic carbocycles. The first kappa shape index (κ1) is 28.5. The summed E-state index contributed by atoms with van der Waals surface area (Å²) in [5.41, 5.74) is 1.83. The number of hydrogen-bond acceptors (Lipinski definition) is 3. The monoisotopic (exact) mass is 570 g/mol. The minimum absolute atomic E-state index is 0.000409. The number of amides is 2. The van der Waals surface area contributed by atoms with E-state index in [4.69, 9.17) is 27.9 Å². The molecule has 0 fully saturated rings. The molecule has 8 heteroatoms.